The fraction of sp³-hybridized carbons (Fsp3) is 0.652. The molecule has 1 amide bonds. The number of ether oxygens (including phenoxy) is 3. The van der Waals surface area contributed by atoms with Crippen molar-refractivity contribution in [3.05, 3.63) is 23.8 Å². The Morgan fingerprint density at radius 1 is 1.00 bits per heavy atom. The first-order valence-corrected chi connectivity index (χ1v) is 11.1. The van der Waals surface area contributed by atoms with Crippen LogP contribution < -0.4 is 9.47 Å². The summed E-state index contributed by atoms with van der Waals surface area (Å²) in [6.45, 7) is 8.20. The number of rotatable bonds is 8. The van der Waals surface area contributed by atoms with E-state index in [1.165, 1.54) is 5.56 Å². The van der Waals surface area contributed by atoms with E-state index in [-0.39, 0.29) is 17.8 Å². The number of piperazine rings is 1. The molecular weight excluding hydrogens is 398 g/mol. The summed E-state index contributed by atoms with van der Waals surface area (Å²) in [5.74, 6) is 1.23. The van der Waals surface area contributed by atoms with Crippen LogP contribution in [0.3, 0.4) is 0 Å². The van der Waals surface area contributed by atoms with Gasteiger partial charge in [-0.3, -0.25) is 19.4 Å². The van der Waals surface area contributed by atoms with E-state index in [1.54, 1.807) is 14.2 Å². The summed E-state index contributed by atoms with van der Waals surface area (Å²) in [7, 11) is 3.29. The molecule has 1 atom stereocenters. The number of benzene rings is 1. The van der Waals surface area contributed by atoms with Gasteiger partial charge >= 0.3 is 5.97 Å². The number of methoxy groups -OCH3 is 2. The zero-order chi connectivity index (χ0) is 22.2. The Bertz CT molecular complexity index is 749. The minimum absolute atomic E-state index is 0.113. The average molecular weight is 434 g/mol. The Balaban J connectivity index is 1.44. The molecule has 3 rings (SSSR count). The van der Waals surface area contributed by atoms with Gasteiger partial charge in [0.05, 0.1) is 33.3 Å². The summed E-state index contributed by atoms with van der Waals surface area (Å²) in [4.78, 5) is 31.2. The number of likely N-dealkylation sites (tertiary alicyclic amines) is 1. The number of amides is 1. The molecule has 8 nitrogen and oxygen atoms in total. The highest BCUT2D eigenvalue weighted by Crippen LogP contribution is 2.28. The number of esters is 1. The van der Waals surface area contributed by atoms with E-state index in [9.17, 15) is 9.59 Å². The fourth-order valence-corrected chi connectivity index (χ4v) is 4.29. The van der Waals surface area contributed by atoms with E-state index in [0.29, 0.717) is 19.7 Å². The van der Waals surface area contributed by atoms with Gasteiger partial charge in [0.1, 0.15) is 0 Å². The standard InChI is InChI=1S/C23H35N3O5/c1-4-31-23(28)19-6-5-9-26(16-19)22(27)17-25-12-10-24(11-13-25)15-18-7-8-20(29-2)21(14-18)30-3/h7-8,14,19H,4-6,9-13,15-17H2,1-3H3. The maximum atomic E-state index is 12.8. The summed E-state index contributed by atoms with van der Waals surface area (Å²) in [6, 6.07) is 6.02. The molecule has 2 saturated heterocycles. The summed E-state index contributed by atoms with van der Waals surface area (Å²) in [5.41, 5.74) is 1.18. The first-order valence-electron chi connectivity index (χ1n) is 11.1. The number of nitrogens with zero attached hydrogens (tertiary/aromatic N) is 3. The highest BCUT2D eigenvalue weighted by atomic mass is 16.5. The van der Waals surface area contributed by atoms with Crippen molar-refractivity contribution < 1.29 is 23.8 Å². The smallest absolute Gasteiger partial charge is 0.310 e. The lowest BCUT2D eigenvalue weighted by Crippen LogP contribution is -2.51. The molecule has 2 heterocycles. The van der Waals surface area contributed by atoms with Gasteiger partial charge in [-0.25, -0.2) is 0 Å². The monoisotopic (exact) mass is 433 g/mol. The average Bonchev–Trinajstić information content (AvgIpc) is 2.80. The van der Waals surface area contributed by atoms with Crippen LogP contribution >= 0.6 is 0 Å². The van der Waals surface area contributed by atoms with E-state index in [4.69, 9.17) is 14.2 Å². The minimum atomic E-state index is -0.184. The van der Waals surface area contributed by atoms with Crippen LogP contribution in [0.5, 0.6) is 11.5 Å². The van der Waals surface area contributed by atoms with Gasteiger partial charge < -0.3 is 19.1 Å². The van der Waals surface area contributed by atoms with Crippen LogP contribution in [0.15, 0.2) is 18.2 Å². The predicted molar refractivity (Wildman–Crippen MR) is 117 cm³/mol. The second-order valence-electron chi connectivity index (χ2n) is 8.17. The highest BCUT2D eigenvalue weighted by molar-refractivity contribution is 5.80. The number of piperidine rings is 1. The van der Waals surface area contributed by atoms with Crippen molar-refractivity contribution in [1.29, 1.82) is 0 Å². The topological polar surface area (TPSA) is 71.6 Å². The van der Waals surface area contributed by atoms with Gasteiger partial charge in [0.2, 0.25) is 5.91 Å². The van der Waals surface area contributed by atoms with Gasteiger partial charge in [0, 0.05) is 45.8 Å². The Morgan fingerprint density at radius 3 is 2.39 bits per heavy atom. The Morgan fingerprint density at radius 2 is 1.71 bits per heavy atom. The molecular formula is C23H35N3O5. The van der Waals surface area contributed by atoms with Crippen molar-refractivity contribution >= 4 is 11.9 Å². The second-order valence-corrected chi connectivity index (χ2v) is 8.17. The fourth-order valence-electron chi connectivity index (χ4n) is 4.29. The molecule has 1 unspecified atom stereocenters. The maximum Gasteiger partial charge on any atom is 0.310 e. The van der Waals surface area contributed by atoms with E-state index in [1.807, 2.05) is 24.0 Å². The molecule has 0 spiro atoms. The summed E-state index contributed by atoms with van der Waals surface area (Å²) < 4.78 is 15.8. The number of hydrogen-bond donors (Lipinski definition) is 0. The molecule has 0 bridgehead atoms. The Hall–Kier alpha value is -2.32. The molecule has 1 aromatic carbocycles. The third-order valence-electron chi connectivity index (χ3n) is 6.07. The molecule has 2 aliphatic rings. The van der Waals surface area contributed by atoms with Crippen LogP contribution in [0, 0.1) is 5.92 Å². The molecule has 8 heteroatoms. The zero-order valence-electron chi connectivity index (χ0n) is 19.0. The molecule has 0 radical (unpaired) electrons. The van der Waals surface area contributed by atoms with Crippen LogP contribution in [-0.4, -0.2) is 93.2 Å². The SMILES string of the molecule is CCOC(=O)C1CCCN(C(=O)CN2CCN(Cc3ccc(OC)c(OC)c3)CC2)C1. The van der Waals surface area contributed by atoms with E-state index >= 15 is 0 Å². The van der Waals surface area contributed by atoms with E-state index < -0.39 is 0 Å². The first kappa shape index (κ1) is 23.3. The zero-order valence-corrected chi connectivity index (χ0v) is 19.0. The third kappa shape index (κ3) is 6.33. The van der Waals surface area contributed by atoms with Crippen molar-refractivity contribution in [2.45, 2.75) is 26.3 Å². The van der Waals surface area contributed by atoms with Gasteiger partial charge in [0.25, 0.3) is 0 Å². The minimum Gasteiger partial charge on any atom is -0.493 e. The summed E-state index contributed by atoms with van der Waals surface area (Å²) in [5, 5.41) is 0. The number of hydrogen-bond acceptors (Lipinski definition) is 7. The van der Waals surface area contributed by atoms with Crippen LogP contribution in [0.1, 0.15) is 25.3 Å². The molecule has 1 aromatic rings. The lowest BCUT2D eigenvalue weighted by Gasteiger charge is -2.37. The van der Waals surface area contributed by atoms with E-state index in [0.717, 1.165) is 63.6 Å². The highest BCUT2D eigenvalue weighted by Gasteiger charge is 2.30. The van der Waals surface area contributed by atoms with Gasteiger partial charge in [-0.2, -0.15) is 0 Å². The number of carbonyl (C=O) groups excluding carboxylic acids is 2. The molecule has 0 aromatic heterocycles. The van der Waals surface area contributed by atoms with Gasteiger partial charge in [-0.15, -0.1) is 0 Å². The molecule has 0 aliphatic carbocycles. The first-order chi connectivity index (χ1) is 15.0. The van der Waals surface area contributed by atoms with Crippen LogP contribution in [0.4, 0.5) is 0 Å². The lowest BCUT2D eigenvalue weighted by atomic mass is 9.98. The van der Waals surface area contributed by atoms with Crippen molar-refractivity contribution in [2.24, 2.45) is 5.92 Å². The van der Waals surface area contributed by atoms with Gasteiger partial charge in [0.15, 0.2) is 11.5 Å². The number of carbonyl (C=O) groups is 2. The summed E-state index contributed by atoms with van der Waals surface area (Å²) >= 11 is 0. The largest absolute Gasteiger partial charge is 0.493 e. The molecule has 0 saturated carbocycles. The van der Waals surface area contributed by atoms with Crippen LogP contribution in [-0.2, 0) is 20.9 Å². The van der Waals surface area contributed by atoms with Crippen molar-refractivity contribution in [1.82, 2.24) is 14.7 Å². The van der Waals surface area contributed by atoms with E-state index in [2.05, 4.69) is 15.9 Å². The van der Waals surface area contributed by atoms with Crippen LogP contribution in [0.2, 0.25) is 0 Å². The molecule has 0 N–H and O–H groups in total. The van der Waals surface area contributed by atoms with Crippen LogP contribution in [0.25, 0.3) is 0 Å². The Labute approximate surface area is 185 Å². The van der Waals surface area contributed by atoms with Crippen molar-refractivity contribution in [3.63, 3.8) is 0 Å². The lowest BCUT2D eigenvalue weighted by molar-refractivity contribution is -0.151. The Kier molecular flexibility index (Phi) is 8.54. The van der Waals surface area contributed by atoms with Gasteiger partial charge in [-0.05, 0) is 37.5 Å². The molecule has 2 fully saturated rings. The van der Waals surface area contributed by atoms with Gasteiger partial charge in [-0.1, -0.05) is 6.07 Å². The molecule has 31 heavy (non-hydrogen) atoms. The molecule has 2 aliphatic heterocycles. The predicted octanol–water partition coefficient (Wildman–Crippen LogP) is 1.62. The third-order valence-corrected chi connectivity index (χ3v) is 6.07. The maximum absolute atomic E-state index is 12.8. The van der Waals surface area contributed by atoms with Crippen molar-refractivity contribution in [3.8, 4) is 11.5 Å². The molecule has 172 valence electrons. The summed E-state index contributed by atoms with van der Waals surface area (Å²) in [6.07, 6.45) is 1.66. The van der Waals surface area contributed by atoms with Crippen molar-refractivity contribution in [2.75, 3.05) is 66.6 Å². The quantitative estimate of drug-likeness (QED) is 0.577. The second kappa shape index (κ2) is 11.3. The normalized spacial score (nSPS) is 20.4.